The van der Waals surface area contributed by atoms with E-state index in [9.17, 15) is 4.79 Å². The molecule has 3 nitrogen and oxygen atoms in total. The summed E-state index contributed by atoms with van der Waals surface area (Å²) < 4.78 is 12.2. The zero-order valence-electron chi connectivity index (χ0n) is 12.6. The molecule has 0 radical (unpaired) electrons. The molecule has 0 amide bonds. The van der Waals surface area contributed by atoms with Gasteiger partial charge in [-0.2, -0.15) is 0 Å². The van der Waals surface area contributed by atoms with Crippen molar-refractivity contribution in [1.29, 1.82) is 0 Å². The highest BCUT2D eigenvalue weighted by molar-refractivity contribution is 14.1. The predicted molar refractivity (Wildman–Crippen MR) is 91.4 cm³/mol. The van der Waals surface area contributed by atoms with E-state index in [0.717, 1.165) is 15.8 Å². The summed E-state index contributed by atoms with van der Waals surface area (Å²) in [4.78, 5) is 12.4. The van der Waals surface area contributed by atoms with Crippen LogP contribution in [0, 0.1) is 5.92 Å². The molecule has 1 heterocycles. The molecule has 0 spiro atoms. The molecule has 0 aromatic heterocycles. The Hall–Kier alpha value is -1.04. The molecule has 0 N–H and O–H groups in total. The van der Waals surface area contributed by atoms with Crippen molar-refractivity contribution in [2.24, 2.45) is 5.92 Å². The van der Waals surface area contributed by atoms with Crippen molar-refractivity contribution in [1.82, 2.24) is 0 Å². The fourth-order valence-electron chi connectivity index (χ4n) is 2.68. The van der Waals surface area contributed by atoms with Gasteiger partial charge in [-0.15, -0.1) is 0 Å². The predicted octanol–water partition coefficient (Wildman–Crippen LogP) is 4.08. The van der Waals surface area contributed by atoms with Crippen LogP contribution in [0.4, 0.5) is 0 Å². The van der Waals surface area contributed by atoms with Crippen LogP contribution in [-0.4, -0.2) is 23.1 Å². The molecule has 1 aliphatic heterocycles. The summed E-state index contributed by atoms with van der Waals surface area (Å²) in [6, 6.07) is 10.1. The number of halogens is 1. The van der Waals surface area contributed by atoms with E-state index >= 15 is 0 Å². The molecule has 1 aliphatic rings. The van der Waals surface area contributed by atoms with Crippen LogP contribution in [-0.2, 0) is 14.3 Å². The number of carbonyl (C=O) groups is 1. The van der Waals surface area contributed by atoms with Gasteiger partial charge in [-0.25, -0.2) is 4.79 Å². The minimum atomic E-state index is -0.248. The average Bonchev–Trinajstić information content (AvgIpc) is 2.88. The molecule has 0 unspecified atom stereocenters. The lowest BCUT2D eigenvalue weighted by atomic mass is 9.87. The van der Waals surface area contributed by atoms with Gasteiger partial charge in [0.2, 0.25) is 0 Å². The molecular weight excluding hydrogens is 379 g/mol. The molecule has 0 fully saturated rings. The summed E-state index contributed by atoms with van der Waals surface area (Å²) in [5.74, 6) is 0.662. The van der Waals surface area contributed by atoms with Gasteiger partial charge in [0.15, 0.2) is 0 Å². The number of esters is 1. The summed E-state index contributed by atoms with van der Waals surface area (Å²) in [5.41, 5.74) is 1.80. The molecule has 1 aromatic rings. The fourth-order valence-corrected chi connectivity index (χ4v) is 3.37. The normalized spacial score (nSPS) is 21.6. The highest BCUT2D eigenvalue weighted by atomic mass is 127. The highest BCUT2D eigenvalue weighted by Crippen LogP contribution is 2.42. The summed E-state index contributed by atoms with van der Waals surface area (Å²) in [6.07, 6.45) is -0.00944. The van der Waals surface area contributed by atoms with E-state index in [-0.39, 0.29) is 23.9 Å². The molecule has 4 heteroatoms. The third-order valence-electron chi connectivity index (χ3n) is 3.56. The van der Waals surface area contributed by atoms with Crippen molar-refractivity contribution in [3.8, 4) is 0 Å². The lowest BCUT2D eigenvalue weighted by Gasteiger charge is -2.19. The van der Waals surface area contributed by atoms with Gasteiger partial charge in [-0.1, -0.05) is 66.8 Å². The van der Waals surface area contributed by atoms with Gasteiger partial charge in [-0.05, 0) is 12.5 Å². The molecule has 0 bridgehead atoms. The molecule has 2 rings (SSSR count). The first-order valence-electron chi connectivity index (χ1n) is 7.28. The Morgan fingerprint density at radius 2 is 2.00 bits per heavy atom. The molecule has 21 heavy (non-hydrogen) atoms. The van der Waals surface area contributed by atoms with Crippen molar-refractivity contribution < 1.29 is 14.3 Å². The molecular formula is C17H21IO3. The number of alkyl halides is 1. The second-order valence-electron chi connectivity index (χ2n) is 5.35. The number of benzene rings is 1. The maximum atomic E-state index is 12.4. The Morgan fingerprint density at radius 3 is 2.52 bits per heavy atom. The van der Waals surface area contributed by atoms with Crippen LogP contribution in [0.15, 0.2) is 41.7 Å². The number of hydrogen-bond acceptors (Lipinski definition) is 3. The zero-order chi connectivity index (χ0) is 15.4. The minimum absolute atomic E-state index is 0.00944. The largest absolute Gasteiger partial charge is 0.492 e. The van der Waals surface area contributed by atoms with Crippen LogP contribution < -0.4 is 0 Å². The quantitative estimate of drug-likeness (QED) is 0.425. The number of hydrogen-bond donors (Lipinski definition) is 0. The molecule has 114 valence electrons. The van der Waals surface area contributed by atoms with E-state index in [2.05, 4.69) is 34.7 Å². The average molecular weight is 400 g/mol. The van der Waals surface area contributed by atoms with Crippen LogP contribution in [0.25, 0.3) is 0 Å². The molecule has 2 atom stereocenters. The minimum Gasteiger partial charge on any atom is -0.492 e. The summed E-state index contributed by atoms with van der Waals surface area (Å²) in [5, 5.41) is 0. The van der Waals surface area contributed by atoms with Crippen molar-refractivity contribution in [3.05, 3.63) is 47.2 Å². The van der Waals surface area contributed by atoms with E-state index in [1.165, 1.54) is 0 Å². The van der Waals surface area contributed by atoms with Gasteiger partial charge >= 0.3 is 5.97 Å². The smallest absolute Gasteiger partial charge is 0.338 e. The number of ether oxygens (including phenoxy) is 2. The summed E-state index contributed by atoms with van der Waals surface area (Å²) in [6.45, 7) is 6.30. The molecule has 0 saturated carbocycles. The lowest BCUT2D eigenvalue weighted by Crippen LogP contribution is -2.22. The standard InChI is InChI=1S/C17H21IO3/c1-4-20-17(19)15-14(12-8-6-5-7-9-12)13(10-18)21-16(15)11(2)3/h5-9,11,13-14H,4,10H2,1-3H3/t13-,14+/m1/s1. The first-order chi connectivity index (χ1) is 10.1. The molecule has 0 aliphatic carbocycles. The van der Waals surface area contributed by atoms with Gasteiger partial charge < -0.3 is 9.47 Å². The van der Waals surface area contributed by atoms with E-state index in [4.69, 9.17) is 9.47 Å². The Bertz CT molecular complexity index is 522. The van der Waals surface area contributed by atoms with E-state index in [0.29, 0.717) is 12.2 Å². The van der Waals surface area contributed by atoms with E-state index in [1.807, 2.05) is 39.0 Å². The first-order valence-corrected chi connectivity index (χ1v) is 8.81. The van der Waals surface area contributed by atoms with Crippen molar-refractivity contribution in [2.45, 2.75) is 32.8 Å². The zero-order valence-corrected chi connectivity index (χ0v) is 14.8. The first kappa shape index (κ1) is 16.3. The number of carbonyl (C=O) groups excluding carboxylic acids is 1. The summed E-state index contributed by atoms with van der Waals surface area (Å²) in [7, 11) is 0. The van der Waals surface area contributed by atoms with Crippen molar-refractivity contribution >= 4 is 28.6 Å². The third kappa shape index (κ3) is 3.42. The highest BCUT2D eigenvalue weighted by Gasteiger charge is 2.42. The molecule has 0 saturated heterocycles. The second-order valence-corrected chi connectivity index (χ2v) is 6.23. The number of allylic oxidation sites excluding steroid dienone is 1. The Labute approximate surface area is 139 Å². The topological polar surface area (TPSA) is 35.5 Å². The SMILES string of the molecule is CCOC(=O)C1=C(C(C)C)O[C@H](CI)[C@@H]1c1ccccc1. The lowest BCUT2D eigenvalue weighted by molar-refractivity contribution is -0.138. The van der Waals surface area contributed by atoms with Crippen LogP contribution in [0.1, 0.15) is 32.3 Å². The van der Waals surface area contributed by atoms with Crippen molar-refractivity contribution in [3.63, 3.8) is 0 Å². The van der Waals surface area contributed by atoms with Crippen LogP contribution in [0.3, 0.4) is 0 Å². The van der Waals surface area contributed by atoms with Crippen LogP contribution >= 0.6 is 22.6 Å². The van der Waals surface area contributed by atoms with Gasteiger partial charge in [-0.3, -0.25) is 0 Å². The Morgan fingerprint density at radius 1 is 1.33 bits per heavy atom. The maximum absolute atomic E-state index is 12.4. The summed E-state index contributed by atoms with van der Waals surface area (Å²) >= 11 is 2.32. The van der Waals surface area contributed by atoms with E-state index < -0.39 is 0 Å². The van der Waals surface area contributed by atoms with Crippen molar-refractivity contribution in [2.75, 3.05) is 11.0 Å². The van der Waals surface area contributed by atoms with Gasteiger partial charge in [0, 0.05) is 10.3 Å². The Kier molecular flexibility index (Phi) is 5.67. The van der Waals surface area contributed by atoms with Gasteiger partial charge in [0.25, 0.3) is 0 Å². The van der Waals surface area contributed by atoms with Gasteiger partial charge in [0.1, 0.15) is 11.9 Å². The Balaban J connectivity index is 2.48. The molecule has 1 aromatic carbocycles. The van der Waals surface area contributed by atoms with E-state index in [1.54, 1.807) is 0 Å². The monoisotopic (exact) mass is 400 g/mol. The fraction of sp³-hybridized carbons (Fsp3) is 0.471. The second kappa shape index (κ2) is 7.29. The third-order valence-corrected chi connectivity index (χ3v) is 4.43. The maximum Gasteiger partial charge on any atom is 0.338 e. The number of rotatable bonds is 5. The van der Waals surface area contributed by atoms with Crippen LogP contribution in [0.2, 0.25) is 0 Å². The van der Waals surface area contributed by atoms with Gasteiger partial charge in [0.05, 0.1) is 18.1 Å². The van der Waals surface area contributed by atoms with Crippen LogP contribution in [0.5, 0.6) is 0 Å².